The monoisotopic (exact) mass is 273 g/mol. The zero-order chi connectivity index (χ0) is 12.4. The first-order valence-corrected chi connectivity index (χ1v) is 7.00. The number of hydrogen-bond acceptors (Lipinski definition) is 3. The van der Waals surface area contributed by atoms with Gasteiger partial charge >= 0.3 is 5.97 Å². The number of carboxylic acid groups (broad SMARTS) is 1. The van der Waals surface area contributed by atoms with Crippen LogP contribution in [0.3, 0.4) is 0 Å². The highest BCUT2D eigenvalue weighted by Gasteiger charge is 2.33. The second kappa shape index (κ2) is 5.38. The van der Waals surface area contributed by atoms with Gasteiger partial charge in [-0.05, 0) is 31.9 Å². The van der Waals surface area contributed by atoms with Crippen molar-refractivity contribution in [2.24, 2.45) is 0 Å². The van der Waals surface area contributed by atoms with Gasteiger partial charge in [-0.25, -0.2) is 0 Å². The predicted molar refractivity (Wildman–Crippen MR) is 69.7 cm³/mol. The quantitative estimate of drug-likeness (QED) is 0.864. The van der Waals surface area contributed by atoms with Crippen LogP contribution >= 0.6 is 22.9 Å². The van der Waals surface area contributed by atoms with Crippen LogP contribution in [-0.2, 0) is 4.79 Å². The van der Waals surface area contributed by atoms with Gasteiger partial charge in [-0.2, -0.15) is 0 Å². The third kappa shape index (κ3) is 3.44. The number of nitrogens with zero attached hydrogens (tertiary/aromatic N) is 1. The Morgan fingerprint density at radius 1 is 1.65 bits per heavy atom. The molecule has 94 valence electrons. The van der Waals surface area contributed by atoms with Crippen LogP contribution in [0, 0.1) is 0 Å². The van der Waals surface area contributed by atoms with Crippen molar-refractivity contribution in [2.75, 3.05) is 6.54 Å². The molecule has 1 aliphatic rings. The van der Waals surface area contributed by atoms with Crippen molar-refractivity contribution in [3.8, 4) is 0 Å². The zero-order valence-electron chi connectivity index (χ0n) is 9.73. The maximum Gasteiger partial charge on any atom is 0.304 e. The Morgan fingerprint density at radius 2 is 2.35 bits per heavy atom. The van der Waals surface area contributed by atoms with Crippen molar-refractivity contribution in [1.82, 2.24) is 4.90 Å². The van der Waals surface area contributed by atoms with E-state index in [-0.39, 0.29) is 12.5 Å². The summed E-state index contributed by atoms with van der Waals surface area (Å²) in [6.07, 6.45) is 2.58. The van der Waals surface area contributed by atoms with Gasteiger partial charge in [0.05, 0.1) is 10.8 Å². The number of hydrogen-bond donors (Lipinski definition) is 1. The minimum atomic E-state index is -0.730. The zero-order valence-corrected chi connectivity index (χ0v) is 11.3. The minimum Gasteiger partial charge on any atom is -0.481 e. The van der Waals surface area contributed by atoms with Gasteiger partial charge in [-0.3, -0.25) is 9.69 Å². The second-order valence-electron chi connectivity index (χ2n) is 4.43. The molecular weight excluding hydrogens is 258 g/mol. The van der Waals surface area contributed by atoms with Crippen LogP contribution < -0.4 is 0 Å². The summed E-state index contributed by atoms with van der Waals surface area (Å²) < 4.78 is 0.792. The van der Waals surface area contributed by atoms with Gasteiger partial charge in [-0.15, -0.1) is 11.3 Å². The summed E-state index contributed by atoms with van der Waals surface area (Å²) >= 11 is 7.52. The molecule has 1 fully saturated rings. The lowest BCUT2D eigenvalue weighted by molar-refractivity contribution is -0.137. The fourth-order valence-electron chi connectivity index (χ4n) is 2.04. The number of aliphatic carboxylic acids is 1. The molecule has 1 N–H and O–H groups in total. The van der Waals surface area contributed by atoms with Crippen molar-refractivity contribution in [3.05, 3.63) is 21.3 Å². The van der Waals surface area contributed by atoms with E-state index in [1.807, 2.05) is 12.1 Å². The van der Waals surface area contributed by atoms with Crippen LogP contribution in [0.2, 0.25) is 4.34 Å². The molecule has 17 heavy (non-hydrogen) atoms. The Morgan fingerprint density at radius 3 is 2.82 bits per heavy atom. The molecule has 2 rings (SSSR count). The minimum absolute atomic E-state index is 0.208. The maximum atomic E-state index is 10.7. The summed E-state index contributed by atoms with van der Waals surface area (Å²) in [5.41, 5.74) is 0. The molecule has 1 heterocycles. The average Bonchev–Trinajstić information content (AvgIpc) is 3.00. The molecule has 0 aliphatic heterocycles. The van der Waals surface area contributed by atoms with Crippen LogP contribution in [0.1, 0.15) is 37.1 Å². The summed E-state index contributed by atoms with van der Waals surface area (Å²) in [4.78, 5) is 14.2. The Hall–Kier alpha value is -0.580. The predicted octanol–water partition coefficient (Wildman–Crippen LogP) is 3.40. The lowest BCUT2D eigenvalue weighted by atomic mass is 10.2. The van der Waals surface area contributed by atoms with Crippen molar-refractivity contribution < 1.29 is 9.90 Å². The van der Waals surface area contributed by atoms with E-state index >= 15 is 0 Å². The van der Waals surface area contributed by atoms with E-state index in [0.717, 1.165) is 4.34 Å². The molecular formula is C12H16ClNO2S. The summed E-state index contributed by atoms with van der Waals surface area (Å²) in [5.74, 6) is -0.730. The fourth-order valence-corrected chi connectivity index (χ4v) is 3.17. The van der Waals surface area contributed by atoms with E-state index < -0.39 is 5.97 Å². The maximum absolute atomic E-state index is 10.7. The van der Waals surface area contributed by atoms with Gasteiger partial charge in [0.1, 0.15) is 0 Å². The molecule has 5 heteroatoms. The molecule has 0 amide bonds. The molecule has 0 bridgehead atoms. The van der Waals surface area contributed by atoms with Crippen LogP contribution in [0.5, 0.6) is 0 Å². The smallest absolute Gasteiger partial charge is 0.304 e. The number of carbonyl (C=O) groups is 1. The molecule has 1 saturated carbocycles. The number of carboxylic acids is 1. The molecule has 1 aromatic rings. The fraction of sp³-hybridized carbons (Fsp3) is 0.583. The Bertz CT molecular complexity index is 403. The normalized spacial score (nSPS) is 17.4. The second-order valence-corrected chi connectivity index (χ2v) is 6.18. The molecule has 0 spiro atoms. The first kappa shape index (κ1) is 12.9. The van der Waals surface area contributed by atoms with Gasteiger partial charge in [0.15, 0.2) is 0 Å². The average molecular weight is 274 g/mol. The molecule has 0 saturated heterocycles. The number of rotatable bonds is 6. The number of halogens is 1. The molecule has 1 aromatic heterocycles. The molecule has 3 nitrogen and oxygen atoms in total. The van der Waals surface area contributed by atoms with Crippen molar-refractivity contribution in [3.63, 3.8) is 0 Å². The van der Waals surface area contributed by atoms with Gasteiger partial charge in [-0.1, -0.05) is 11.6 Å². The third-order valence-corrected chi connectivity index (χ3v) is 4.50. The number of thiophene rings is 1. The van der Waals surface area contributed by atoms with E-state index in [1.54, 1.807) is 11.3 Å². The molecule has 0 radical (unpaired) electrons. The largest absolute Gasteiger partial charge is 0.481 e. The lowest BCUT2D eigenvalue weighted by Crippen LogP contribution is -2.31. The Kier molecular flexibility index (Phi) is 4.07. The SMILES string of the molecule is CC(c1ccc(Cl)s1)N(CCC(=O)O)C1CC1. The molecule has 1 aliphatic carbocycles. The van der Waals surface area contributed by atoms with Gasteiger partial charge in [0, 0.05) is 23.5 Å². The molecule has 1 unspecified atom stereocenters. The van der Waals surface area contributed by atoms with E-state index in [1.165, 1.54) is 17.7 Å². The highest BCUT2D eigenvalue weighted by molar-refractivity contribution is 7.16. The van der Waals surface area contributed by atoms with Crippen LogP contribution in [0.4, 0.5) is 0 Å². The van der Waals surface area contributed by atoms with E-state index in [4.69, 9.17) is 16.7 Å². The first-order chi connectivity index (χ1) is 8.08. The summed E-state index contributed by atoms with van der Waals surface area (Å²) in [7, 11) is 0. The van der Waals surface area contributed by atoms with E-state index in [0.29, 0.717) is 12.6 Å². The van der Waals surface area contributed by atoms with Crippen molar-refractivity contribution >= 4 is 28.9 Å². The van der Waals surface area contributed by atoms with E-state index in [2.05, 4.69) is 11.8 Å². The van der Waals surface area contributed by atoms with Crippen molar-refractivity contribution in [1.29, 1.82) is 0 Å². The first-order valence-electron chi connectivity index (χ1n) is 5.80. The van der Waals surface area contributed by atoms with Gasteiger partial charge in [0.25, 0.3) is 0 Å². The third-order valence-electron chi connectivity index (χ3n) is 3.10. The van der Waals surface area contributed by atoms with Crippen LogP contribution in [0.15, 0.2) is 12.1 Å². The highest BCUT2D eigenvalue weighted by atomic mass is 35.5. The van der Waals surface area contributed by atoms with Gasteiger partial charge in [0.2, 0.25) is 0 Å². The van der Waals surface area contributed by atoms with Crippen LogP contribution in [0.25, 0.3) is 0 Å². The Labute approximate surface area is 110 Å². The Balaban J connectivity index is 2.02. The molecule has 0 aromatic carbocycles. The highest BCUT2D eigenvalue weighted by Crippen LogP contribution is 2.37. The lowest BCUT2D eigenvalue weighted by Gasteiger charge is -2.27. The van der Waals surface area contributed by atoms with Crippen LogP contribution in [-0.4, -0.2) is 28.6 Å². The van der Waals surface area contributed by atoms with Gasteiger partial charge < -0.3 is 5.11 Å². The van der Waals surface area contributed by atoms with E-state index in [9.17, 15) is 4.79 Å². The summed E-state index contributed by atoms with van der Waals surface area (Å²) in [6.45, 7) is 2.75. The topological polar surface area (TPSA) is 40.5 Å². The van der Waals surface area contributed by atoms with Crippen molar-refractivity contribution in [2.45, 2.75) is 38.3 Å². The standard InChI is InChI=1S/C12H16ClNO2S/c1-8(10-4-5-11(13)17-10)14(9-2-3-9)7-6-12(15)16/h4-5,8-9H,2-3,6-7H2,1H3,(H,15,16). The summed E-state index contributed by atoms with van der Waals surface area (Å²) in [5, 5.41) is 8.78. The summed E-state index contributed by atoms with van der Waals surface area (Å²) in [6, 6.07) is 4.76. The molecule has 1 atom stereocenters.